The summed E-state index contributed by atoms with van der Waals surface area (Å²) < 4.78 is 6.80. The summed E-state index contributed by atoms with van der Waals surface area (Å²) in [6, 6.07) is 23.5. The summed E-state index contributed by atoms with van der Waals surface area (Å²) in [6.45, 7) is 8.66. The SMILES string of the molecule is CC[Si](CC)(CC)O[C@@H](c1ccccc1)[C@H](C)C(=O)/C=C/C=C/c1ccccc1. The minimum absolute atomic E-state index is 0.0998. The van der Waals surface area contributed by atoms with E-state index in [1.54, 1.807) is 6.08 Å². The van der Waals surface area contributed by atoms with Crippen molar-refractivity contribution in [3.8, 4) is 0 Å². The van der Waals surface area contributed by atoms with Gasteiger partial charge < -0.3 is 4.43 Å². The number of rotatable bonds is 11. The van der Waals surface area contributed by atoms with Gasteiger partial charge in [-0.05, 0) is 35.3 Å². The molecule has 0 heterocycles. The van der Waals surface area contributed by atoms with Crippen LogP contribution in [-0.2, 0) is 9.22 Å². The lowest BCUT2D eigenvalue weighted by Gasteiger charge is -2.35. The zero-order valence-corrected chi connectivity index (χ0v) is 19.2. The summed E-state index contributed by atoms with van der Waals surface area (Å²) in [7, 11) is -1.84. The van der Waals surface area contributed by atoms with Gasteiger partial charge in [-0.2, -0.15) is 0 Å². The van der Waals surface area contributed by atoms with E-state index in [0.29, 0.717) is 0 Å². The Balaban J connectivity index is 2.17. The number of allylic oxidation sites excluding steroid dienone is 3. The van der Waals surface area contributed by atoms with Crippen molar-refractivity contribution in [1.82, 2.24) is 0 Å². The molecular formula is C26H34O2Si. The van der Waals surface area contributed by atoms with E-state index >= 15 is 0 Å². The number of hydrogen-bond donors (Lipinski definition) is 0. The molecule has 2 atom stereocenters. The number of carbonyl (C=O) groups excluding carboxylic acids is 1. The molecule has 0 saturated carbocycles. The fourth-order valence-electron chi connectivity index (χ4n) is 3.55. The third kappa shape index (κ3) is 6.65. The van der Waals surface area contributed by atoms with Crippen LogP contribution in [0.15, 0.2) is 78.9 Å². The minimum Gasteiger partial charge on any atom is -0.409 e. The molecular weight excluding hydrogens is 372 g/mol. The fourth-order valence-corrected chi connectivity index (χ4v) is 6.43. The van der Waals surface area contributed by atoms with Crippen molar-refractivity contribution < 1.29 is 9.22 Å². The predicted molar refractivity (Wildman–Crippen MR) is 126 cm³/mol. The first-order valence-electron chi connectivity index (χ1n) is 10.7. The van der Waals surface area contributed by atoms with E-state index in [9.17, 15) is 4.79 Å². The number of carbonyl (C=O) groups is 1. The van der Waals surface area contributed by atoms with E-state index in [2.05, 4.69) is 32.9 Å². The van der Waals surface area contributed by atoms with Gasteiger partial charge in [-0.3, -0.25) is 4.79 Å². The molecule has 3 heteroatoms. The smallest absolute Gasteiger partial charge is 0.192 e. The van der Waals surface area contributed by atoms with Gasteiger partial charge in [0.2, 0.25) is 0 Å². The van der Waals surface area contributed by atoms with Crippen LogP contribution in [0.2, 0.25) is 18.1 Å². The van der Waals surface area contributed by atoms with E-state index in [-0.39, 0.29) is 17.8 Å². The standard InChI is InChI=1S/C26H34O2Si/c1-5-29(6-2,7-3)28-26(24-19-12-9-13-20-24)22(4)25(27)21-15-14-18-23-16-10-8-11-17-23/h8-22,26H,5-7H2,1-4H3/b18-14+,21-15+/t22-,26-/m1/s1. The molecule has 0 fully saturated rings. The average molecular weight is 407 g/mol. The molecule has 0 aliphatic rings. The van der Waals surface area contributed by atoms with Crippen LogP contribution < -0.4 is 0 Å². The highest BCUT2D eigenvalue weighted by Gasteiger charge is 2.36. The summed E-state index contributed by atoms with van der Waals surface area (Å²) in [5.74, 6) is -0.127. The summed E-state index contributed by atoms with van der Waals surface area (Å²) in [5.41, 5.74) is 2.21. The van der Waals surface area contributed by atoms with Crippen molar-refractivity contribution in [3.63, 3.8) is 0 Å². The molecule has 154 valence electrons. The maximum absolute atomic E-state index is 12.9. The molecule has 0 unspecified atom stereocenters. The Bertz CT molecular complexity index is 784. The van der Waals surface area contributed by atoms with Crippen molar-refractivity contribution in [1.29, 1.82) is 0 Å². The molecule has 0 saturated heterocycles. The molecule has 0 bridgehead atoms. The zero-order chi connectivity index (χ0) is 21.1. The molecule has 0 N–H and O–H groups in total. The van der Waals surface area contributed by atoms with Crippen LogP contribution in [0.3, 0.4) is 0 Å². The average Bonchev–Trinajstić information content (AvgIpc) is 2.79. The Morgan fingerprint density at radius 2 is 1.45 bits per heavy atom. The predicted octanol–water partition coefficient (Wildman–Crippen LogP) is 7.22. The first kappa shape index (κ1) is 23.0. The molecule has 2 nitrogen and oxygen atoms in total. The van der Waals surface area contributed by atoms with Crippen LogP contribution in [0.5, 0.6) is 0 Å². The fraction of sp³-hybridized carbons (Fsp3) is 0.346. The third-order valence-corrected chi connectivity index (χ3v) is 10.4. The van der Waals surface area contributed by atoms with Crippen LogP contribution in [0.4, 0.5) is 0 Å². The van der Waals surface area contributed by atoms with Gasteiger partial charge in [-0.1, -0.05) is 107 Å². The lowest BCUT2D eigenvalue weighted by atomic mass is 9.93. The van der Waals surface area contributed by atoms with Gasteiger partial charge in [0.05, 0.1) is 6.10 Å². The van der Waals surface area contributed by atoms with Crippen LogP contribution in [-0.4, -0.2) is 14.1 Å². The molecule has 2 aromatic rings. The lowest BCUT2D eigenvalue weighted by Crippen LogP contribution is -2.39. The van der Waals surface area contributed by atoms with Crippen molar-refractivity contribution in [2.45, 2.75) is 51.9 Å². The van der Waals surface area contributed by atoms with Gasteiger partial charge in [0.15, 0.2) is 14.1 Å². The highest BCUT2D eigenvalue weighted by Crippen LogP contribution is 2.34. The van der Waals surface area contributed by atoms with Gasteiger partial charge in [0.1, 0.15) is 0 Å². The maximum Gasteiger partial charge on any atom is 0.192 e. The highest BCUT2D eigenvalue weighted by atomic mass is 28.4. The van der Waals surface area contributed by atoms with Gasteiger partial charge in [-0.15, -0.1) is 0 Å². The van der Waals surface area contributed by atoms with E-state index in [1.807, 2.05) is 73.7 Å². The van der Waals surface area contributed by atoms with Crippen molar-refractivity contribution in [3.05, 3.63) is 90.0 Å². The number of hydrogen-bond acceptors (Lipinski definition) is 2. The second kappa shape index (κ2) is 11.7. The second-order valence-corrected chi connectivity index (χ2v) is 12.2. The highest BCUT2D eigenvalue weighted by molar-refractivity contribution is 6.73. The molecule has 0 amide bonds. The normalized spacial score (nSPS) is 14.3. The van der Waals surface area contributed by atoms with Crippen LogP contribution in [0.1, 0.15) is 44.9 Å². The lowest BCUT2D eigenvalue weighted by molar-refractivity contribution is -0.120. The zero-order valence-electron chi connectivity index (χ0n) is 18.2. The first-order valence-corrected chi connectivity index (χ1v) is 13.2. The van der Waals surface area contributed by atoms with Gasteiger partial charge in [0.25, 0.3) is 0 Å². The molecule has 0 aliphatic carbocycles. The number of benzene rings is 2. The van der Waals surface area contributed by atoms with Crippen molar-refractivity contribution in [2.75, 3.05) is 0 Å². The Kier molecular flexibility index (Phi) is 9.29. The summed E-state index contributed by atoms with van der Waals surface area (Å²) in [4.78, 5) is 12.9. The monoisotopic (exact) mass is 406 g/mol. The van der Waals surface area contributed by atoms with Crippen LogP contribution >= 0.6 is 0 Å². The maximum atomic E-state index is 12.9. The topological polar surface area (TPSA) is 26.3 Å². The second-order valence-electron chi connectivity index (χ2n) is 7.51. The molecule has 0 spiro atoms. The first-order chi connectivity index (χ1) is 14.0. The summed E-state index contributed by atoms with van der Waals surface area (Å²) in [5, 5.41) is 0. The largest absolute Gasteiger partial charge is 0.409 e. The Morgan fingerprint density at radius 3 is 2.00 bits per heavy atom. The Hall–Kier alpha value is -2.23. The van der Waals surface area contributed by atoms with Gasteiger partial charge in [-0.25, -0.2) is 0 Å². The summed E-state index contributed by atoms with van der Waals surface area (Å²) in [6.07, 6.45) is 7.23. The van der Waals surface area contributed by atoms with Crippen molar-refractivity contribution in [2.24, 2.45) is 5.92 Å². The van der Waals surface area contributed by atoms with E-state index in [4.69, 9.17) is 4.43 Å². The van der Waals surface area contributed by atoms with Crippen LogP contribution in [0.25, 0.3) is 6.08 Å². The Labute approximate surface area is 177 Å². The molecule has 2 aromatic carbocycles. The van der Waals surface area contributed by atoms with E-state index in [1.165, 1.54) is 0 Å². The molecule has 0 aromatic heterocycles. The number of ketones is 1. The summed E-state index contributed by atoms with van der Waals surface area (Å²) >= 11 is 0. The Morgan fingerprint density at radius 1 is 0.897 bits per heavy atom. The molecule has 0 aliphatic heterocycles. The van der Waals surface area contributed by atoms with Crippen molar-refractivity contribution >= 4 is 20.2 Å². The van der Waals surface area contributed by atoms with E-state index < -0.39 is 8.32 Å². The van der Waals surface area contributed by atoms with Gasteiger partial charge >= 0.3 is 0 Å². The molecule has 0 radical (unpaired) electrons. The molecule has 29 heavy (non-hydrogen) atoms. The minimum atomic E-state index is -1.84. The quantitative estimate of drug-likeness (QED) is 0.224. The van der Waals surface area contributed by atoms with E-state index in [0.717, 1.165) is 29.3 Å². The van der Waals surface area contributed by atoms with Gasteiger partial charge in [0, 0.05) is 5.92 Å². The van der Waals surface area contributed by atoms with Crippen LogP contribution in [0, 0.1) is 5.92 Å². The molecule has 2 rings (SSSR count). The third-order valence-electron chi connectivity index (χ3n) is 5.80.